The number of thiophene rings is 1. The second-order valence-corrected chi connectivity index (χ2v) is 6.64. The van der Waals surface area contributed by atoms with E-state index in [4.69, 9.17) is 5.11 Å². The van der Waals surface area contributed by atoms with Crippen LogP contribution in [0.1, 0.15) is 36.4 Å². The first-order valence-corrected chi connectivity index (χ1v) is 7.68. The van der Waals surface area contributed by atoms with Crippen LogP contribution in [0.25, 0.3) is 0 Å². The predicted molar refractivity (Wildman–Crippen MR) is 78.9 cm³/mol. The fraction of sp³-hybridized carbons (Fsp3) is 0.250. The fourth-order valence-corrected chi connectivity index (χ4v) is 4.09. The molecule has 2 N–H and O–H groups in total. The maximum Gasteiger partial charge on any atom is 0.345 e. The van der Waals surface area contributed by atoms with Crippen molar-refractivity contribution in [2.24, 2.45) is 5.92 Å². The highest BCUT2D eigenvalue weighted by molar-refractivity contribution is 7.15. The van der Waals surface area contributed by atoms with Gasteiger partial charge in [-0.05, 0) is 35.6 Å². The van der Waals surface area contributed by atoms with Gasteiger partial charge in [0.05, 0.1) is 4.88 Å². The number of benzene rings is 1. The van der Waals surface area contributed by atoms with Crippen LogP contribution in [-0.2, 0) is 6.42 Å². The van der Waals surface area contributed by atoms with Crippen molar-refractivity contribution in [2.75, 3.05) is 0 Å². The number of rotatable bonds is 3. The van der Waals surface area contributed by atoms with Crippen molar-refractivity contribution in [3.8, 4) is 0 Å². The number of fused-ring (bicyclic) bond motifs is 3. The van der Waals surface area contributed by atoms with Gasteiger partial charge in [-0.15, -0.1) is 11.3 Å². The number of hydrogen-bond acceptors (Lipinski definition) is 3. The molecule has 0 aliphatic heterocycles. The van der Waals surface area contributed by atoms with E-state index < -0.39 is 5.97 Å². The molecule has 1 saturated carbocycles. The lowest BCUT2D eigenvalue weighted by atomic mass is 10.1. The zero-order chi connectivity index (χ0) is 14.6. The van der Waals surface area contributed by atoms with Crippen molar-refractivity contribution < 1.29 is 14.7 Å². The Labute approximate surface area is 125 Å². The number of carboxylic acids is 1. The molecule has 2 aliphatic rings. The summed E-state index contributed by atoms with van der Waals surface area (Å²) in [5, 5.41) is 11.9. The van der Waals surface area contributed by atoms with Crippen molar-refractivity contribution in [1.82, 2.24) is 5.32 Å². The van der Waals surface area contributed by atoms with Gasteiger partial charge in [-0.1, -0.05) is 24.3 Å². The average Bonchev–Trinajstić information content (AvgIpc) is 2.89. The molecule has 0 spiro atoms. The lowest BCUT2D eigenvalue weighted by Crippen LogP contribution is -2.28. The van der Waals surface area contributed by atoms with Crippen molar-refractivity contribution in [1.29, 1.82) is 0 Å². The van der Waals surface area contributed by atoms with Crippen LogP contribution < -0.4 is 5.32 Å². The monoisotopic (exact) mass is 299 g/mol. The first kappa shape index (κ1) is 12.6. The Morgan fingerprint density at radius 2 is 1.90 bits per heavy atom. The lowest BCUT2D eigenvalue weighted by Gasteiger charge is -2.08. The van der Waals surface area contributed by atoms with Crippen molar-refractivity contribution in [3.63, 3.8) is 0 Å². The Bertz CT molecular complexity index is 751. The number of nitrogens with one attached hydrogen (secondary N) is 1. The summed E-state index contributed by atoms with van der Waals surface area (Å²) in [6.45, 7) is 0. The molecule has 106 valence electrons. The van der Waals surface area contributed by atoms with Crippen LogP contribution in [0, 0.1) is 5.92 Å². The number of amides is 1. The molecular formula is C16H13NO3S. The van der Waals surface area contributed by atoms with Gasteiger partial charge in [0.25, 0.3) is 5.91 Å². The van der Waals surface area contributed by atoms with Gasteiger partial charge in [0.1, 0.15) is 4.88 Å². The van der Waals surface area contributed by atoms with E-state index in [0.29, 0.717) is 16.7 Å². The maximum absolute atomic E-state index is 12.2. The Morgan fingerprint density at radius 3 is 2.67 bits per heavy atom. The molecule has 2 aliphatic carbocycles. The van der Waals surface area contributed by atoms with Gasteiger partial charge in [-0.3, -0.25) is 4.79 Å². The van der Waals surface area contributed by atoms with E-state index in [1.807, 2.05) is 6.07 Å². The van der Waals surface area contributed by atoms with Crippen LogP contribution in [0.4, 0.5) is 0 Å². The summed E-state index contributed by atoms with van der Waals surface area (Å²) < 4.78 is 0. The highest BCUT2D eigenvalue weighted by Crippen LogP contribution is 2.56. The van der Waals surface area contributed by atoms with Crippen LogP contribution in [0.3, 0.4) is 0 Å². The third kappa shape index (κ3) is 1.96. The highest BCUT2D eigenvalue weighted by atomic mass is 32.1. The number of carbonyl (C=O) groups is 2. The third-order valence-corrected chi connectivity index (χ3v) is 5.45. The van der Waals surface area contributed by atoms with Crippen LogP contribution >= 0.6 is 11.3 Å². The van der Waals surface area contributed by atoms with E-state index in [0.717, 1.165) is 17.8 Å². The summed E-state index contributed by atoms with van der Waals surface area (Å²) in [7, 11) is 0. The van der Waals surface area contributed by atoms with Gasteiger partial charge in [0, 0.05) is 12.0 Å². The second-order valence-electron chi connectivity index (χ2n) is 5.56. The Kier molecular flexibility index (Phi) is 2.65. The molecule has 2 aromatic rings. The van der Waals surface area contributed by atoms with Gasteiger partial charge >= 0.3 is 5.97 Å². The standard InChI is InChI=1S/C16H13NO3S/c18-15(11-5-6-12(21-11)16(19)20)17-14-10-7-8-3-1-2-4-9(8)13(10)14/h1-6,10,13-14H,7H2,(H,17,18)(H,19,20)/t10-,13+,14+/m0/s1. The second kappa shape index (κ2) is 4.43. The average molecular weight is 299 g/mol. The Morgan fingerprint density at radius 1 is 1.14 bits per heavy atom. The van der Waals surface area contributed by atoms with E-state index in [9.17, 15) is 9.59 Å². The largest absolute Gasteiger partial charge is 0.477 e. The first-order valence-electron chi connectivity index (χ1n) is 6.87. The zero-order valence-electron chi connectivity index (χ0n) is 11.1. The lowest BCUT2D eigenvalue weighted by molar-refractivity contribution is 0.0702. The van der Waals surface area contributed by atoms with Gasteiger partial charge in [0.2, 0.25) is 0 Å². The topological polar surface area (TPSA) is 66.4 Å². The molecule has 4 nitrogen and oxygen atoms in total. The maximum atomic E-state index is 12.2. The quantitative estimate of drug-likeness (QED) is 0.915. The SMILES string of the molecule is O=C(O)c1ccc(C(=O)N[C@@H]2[C@H]3Cc4ccccc4[C@H]32)s1. The summed E-state index contributed by atoms with van der Waals surface area (Å²) in [6.07, 6.45) is 1.02. The molecule has 0 radical (unpaired) electrons. The van der Waals surface area contributed by atoms with Crippen LogP contribution in [0.15, 0.2) is 36.4 Å². The molecule has 21 heavy (non-hydrogen) atoms. The summed E-state index contributed by atoms with van der Waals surface area (Å²) in [6, 6.07) is 11.6. The summed E-state index contributed by atoms with van der Waals surface area (Å²) >= 11 is 1.02. The van der Waals surface area contributed by atoms with Crippen molar-refractivity contribution >= 4 is 23.2 Å². The molecule has 0 unspecified atom stereocenters. The molecule has 1 heterocycles. The minimum Gasteiger partial charge on any atom is -0.477 e. The number of aromatic carboxylic acids is 1. The summed E-state index contributed by atoms with van der Waals surface area (Å²) in [4.78, 5) is 23.7. The van der Waals surface area contributed by atoms with Gasteiger partial charge in [0.15, 0.2) is 0 Å². The number of hydrogen-bond donors (Lipinski definition) is 2. The minimum atomic E-state index is -0.990. The van der Waals surface area contributed by atoms with E-state index in [1.165, 1.54) is 17.2 Å². The van der Waals surface area contributed by atoms with Crippen LogP contribution in [0.2, 0.25) is 0 Å². The predicted octanol–water partition coefficient (Wildman–Crippen LogP) is 2.51. The minimum absolute atomic E-state index is 0.163. The molecule has 3 atom stereocenters. The zero-order valence-corrected chi connectivity index (χ0v) is 11.9. The van der Waals surface area contributed by atoms with E-state index in [1.54, 1.807) is 6.07 Å². The Balaban J connectivity index is 1.47. The molecule has 1 aromatic carbocycles. The van der Waals surface area contributed by atoms with Crippen LogP contribution in [0.5, 0.6) is 0 Å². The van der Waals surface area contributed by atoms with Crippen LogP contribution in [-0.4, -0.2) is 23.0 Å². The summed E-state index contributed by atoms with van der Waals surface area (Å²) in [5.41, 5.74) is 2.74. The number of carbonyl (C=O) groups excluding carboxylic acids is 1. The van der Waals surface area contributed by atoms with Crippen molar-refractivity contribution in [3.05, 3.63) is 57.3 Å². The summed E-state index contributed by atoms with van der Waals surface area (Å²) in [5.74, 6) is -0.213. The Hall–Kier alpha value is -2.14. The molecule has 0 bridgehead atoms. The molecule has 1 aromatic heterocycles. The molecule has 0 saturated heterocycles. The molecule has 1 fully saturated rings. The molecule has 4 rings (SSSR count). The molecular weight excluding hydrogens is 286 g/mol. The van der Waals surface area contributed by atoms with E-state index >= 15 is 0 Å². The highest BCUT2D eigenvalue weighted by Gasteiger charge is 2.56. The van der Waals surface area contributed by atoms with Gasteiger partial charge < -0.3 is 10.4 Å². The van der Waals surface area contributed by atoms with Gasteiger partial charge in [-0.25, -0.2) is 4.79 Å². The molecule has 5 heteroatoms. The van der Waals surface area contributed by atoms with Crippen molar-refractivity contribution in [2.45, 2.75) is 18.4 Å². The first-order chi connectivity index (χ1) is 10.1. The fourth-order valence-electron chi connectivity index (χ4n) is 3.35. The van der Waals surface area contributed by atoms with E-state index in [-0.39, 0.29) is 16.8 Å². The third-order valence-electron chi connectivity index (χ3n) is 4.38. The smallest absolute Gasteiger partial charge is 0.345 e. The van der Waals surface area contributed by atoms with Gasteiger partial charge in [-0.2, -0.15) is 0 Å². The normalized spacial score (nSPS) is 25.0. The molecule has 1 amide bonds. The number of carboxylic acid groups (broad SMARTS) is 1. The van der Waals surface area contributed by atoms with E-state index in [2.05, 4.69) is 23.5 Å².